The normalized spacial score (nSPS) is 17.4. The third kappa shape index (κ3) is 4.52. The lowest BCUT2D eigenvalue weighted by atomic mass is 10.0. The number of fused-ring (bicyclic) bond motifs is 1. The number of anilines is 2. The fourth-order valence-corrected chi connectivity index (χ4v) is 4.12. The molecule has 0 radical (unpaired) electrons. The molecule has 0 spiro atoms. The molecule has 1 aromatic carbocycles. The van der Waals surface area contributed by atoms with Crippen molar-refractivity contribution in [2.24, 2.45) is 5.73 Å². The molecule has 32 heavy (non-hydrogen) atoms. The van der Waals surface area contributed by atoms with Gasteiger partial charge < -0.3 is 31.2 Å². The number of nitrogens with two attached hydrogens (primary N) is 1. The van der Waals surface area contributed by atoms with Gasteiger partial charge in [0, 0.05) is 61.4 Å². The Bertz CT molecular complexity index is 1100. The van der Waals surface area contributed by atoms with E-state index in [1.807, 2.05) is 18.0 Å². The van der Waals surface area contributed by atoms with E-state index in [9.17, 15) is 14.4 Å². The molecule has 4 rings (SSSR count). The van der Waals surface area contributed by atoms with E-state index in [0.29, 0.717) is 35.4 Å². The van der Waals surface area contributed by atoms with Gasteiger partial charge in [0.1, 0.15) is 0 Å². The van der Waals surface area contributed by atoms with Crippen molar-refractivity contribution in [2.45, 2.75) is 19.8 Å². The van der Waals surface area contributed by atoms with Crippen molar-refractivity contribution in [1.82, 2.24) is 14.8 Å². The SMILES string of the molecule is Cc1c(CCC(=O)N2CCN(C)CC2)c[nH]c1/C=C1\C(=O)Nc2ccc(NC(N)=O)cc21. The number of nitrogens with one attached hydrogen (secondary N) is 3. The summed E-state index contributed by atoms with van der Waals surface area (Å²) in [5.41, 5.74) is 10.5. The summed E-state index contributed by atoms with van der Waals surface area (Å²) in [5, 5.41) is 5.37. The Labute approximate surface area is 186 Å². The molecule has 9 nitrogen and oxygen atoms in total. The molecule has 9 heteroatoms. The molecule has 0 aliphatic carbocycles. The van der Waals surface area contributed by atoms with Gasteiger partial charge in [-0.1, -0.05) is 0 Å². The number of H-pyrrole nitrogens is 1. The molecule has 2 aliphatic heterocycles. The Morgan fingerprint density at radius 2 is 1.97 bits per heavy atom. The molecule has 1 aromatic heterocycles. The van der Waals surface area contributed by atoms with E-state index < -0.39 is 6.03 Å². The lowest BCUT2D eigenvalue weighted by Gasteiger charge is -2.32. The minimum absolute atomic E-state index is 0.178. The fourth-order valence-electron chi connectivity index (χ4n) is 4.12. The van der Waals surface area contributed by atoms with Crippen molar-refractivity contribution in [2.75, 3.05) is 43.9 Å². The third-order valence-electron chi connectivity index (χ3n) is 6.11. The number of benzene rings is 1. The summed E-state index contributed by atoms with van der Waals surface area (Å²) >= 11 is 0. The molecule has 2 aliphatic rings. The van der Waals surface area contributed by atoms with Crippen LogP contribution in [0.15, 0.2) is 24.4 Å². The lowest BCUT2D eigenvalue weighted by molar-refractivity contribution is -0.132. The van der Waals surface area contributed by atoms with E-state index in [-0.39, 0.29) is 11.8 Å². The van der Waals surface area contributed by atoms with E-state index >= 15 is 0 Å². The second-order valence-corrected chi connectivity index (χ2v) is 8.30. The highest BCUT2D eigenvalue weighted by Crippen LogP contribution is 2.35. The van der Waals surface area contributed by atoms with Crippen LogP contribution in [0.1, 0.15) is 28.8 Å². The molecule has 1 fully saturated rings. The van der Waals surface area contributed by atoms with E-state index in [4.69, 9.17) is 5.73 Å². The number of primary amides is 1. The van der Waals surface area contributed by atoms with Crippen LogP contribution >= 0.6 is 0 Å². The van der Waals surface area contributed by atoms with Crippen molar-refractivity contribution in [3.8, 4) is 0 Å². The van der Waals surface area contributed by atoms with Crippen molar-refractivity contribution < 1.29 is 14.4 Å². The van der Waals surface area contributed by atoms with Crippen molar-refractivity contribution in [3.05, 3.63) is 46.8 Å². The summed E-state index contributed by atoms with van der Waals surface area (Å²) < 4.78 is 0. The Kier molecular flexibility index (Phi) is 6.00. The summed E-state index contributed by atoms with van der Waals surface area (Å²) in [6.45, 7) is 5.36. The average molecular weight is 437 g/mol. The smallest absolute Gasteiger partial charge is 0.316 e. The van der Waals surface area contributed by atoms with Crippen LogP contribution in [0.5, 0.6) is 0 Å². The third-order valence-corrected chi connectivity index (χ3v) is 6.11. The summed E-state index contributed by atoms with van der Waals surface area (Å²) in [7, 11) is 2.07. The van der Waals surface area contributed by atoms with E-state index in [2.05, 4.69) is 27.6 Å². The minimum Gasteiger partial charge on any atom is -0.361 e. The molecule has 0 atom stereocenters. The van der Waals surface area contributed by atoms with Gasteiger partial charge in [-0.2, -0.15) is 0 Å². The molecule has 4 amide bonds. The standard InChI is InChI=1S/C23H28N6O3/c1-14-15(3-6-21(30)29-9-7-28(2)8-10-29)13-25-20(14)12-18-17-11-16(26-23(24)32)4-5-19(17)27-22(18)31/h4-5,11-13,25H,3,6-10H2,1-2H3,(H,27,31)(H3,24,26,32)/b18-12-. The number of likely N-dealkylation sites (N-methyl/N-ethyl adjacent to an activating group) is 1. The largest absolute Gasteiger partial charge is 0.361 e. The van der Waals surface area contributed by atoms with Gasteiger partial charge in [-0.3, -0.25) is 9.59 Å². The number of urea groups is 1. The molecule has 1 saturated heterocycles. The number of aryl methyl sites for hydroxylation is 1. The number of hydrogen-bond acceptors (Lipinski definition) is 4. The number of piperazine rings is 1. The number of hydrogen-bond donors (Lipinski definition) is 4. The highest BCUT2D eigenvalue weighted by molar-refractivity contribution is 6.35. The average Bonchev–Trinajstić information content (AvgIpc) is 3.26. The van der Waals surface area contributed by atoms with Gasteiger partial charge >= 0.3 is 6.03 Å². The van der Waals surface area contributed by atoms with E-state index in [1.165, 1.54) is 0 Å². The van der Waals surface area contributed by atoms with E-state index in [1.54, 1.807) is 24.3 Å². The Hall–Kier alpha value is -3.59. The predicted octanol–water partition coefficient (Wildman–Crippen LogP) is 2.01. The number of nitrogens with zero attached hydrogens (tertiary/aromatic N) is 2. The van der Waals surface area contributed by atoms with Gasteiger partial charge in [-0.05, 0) is 55.8 Å². The molecule has 0 bridgehead atoms. The number of carbonyl (C=O) groups excluding carboxylic acids is 3. The number of carbonyl (C=O) groups is 3. The molecule has 3 heterocycles. The van der Waals surface area contributed by atoms with Crippen LogP contribution in [0.4, 0.5) is 16.2 Å². The van der Waals surface area contributed by atoms with Crippen LogP contribution in [0.3, 0.4) is 0 Å². The summed E-state index contributed by atoms with van der Waals surface area (Å²) in [4.78, 5) is 43.6. The maximum absolute atomic E-state index is 12.6. The summed E-state index contributed by atoms with van der Waals surface area (Å²) in [6, 6.07) is 4.47. The molecule has 0 saturated carbocycles. The molecular formula is C23H28N6O3. The van der Waals surface area contributed by atoms with Crippen LogP contribution in [0.2, 0.25) is 0 Å². The number of aromatic nitrogens is 1. The number of aromatic amines is 1. The quantitative estimate of drug-likeness (QED) is 0.535. The van der Waals surface area contributed by atoms with Crippen LogP contribution in [0.25, 0.3) is 11.6 Å². The first kappa shape index (κ1) is 21.6. The van der Waals surface area contributed by atoms with Gasteiger partial charge in [0.05, 0.1) is 5.57 Å². The topological polar surface area (TPSA) is 124 Å². The first-order valence-corrected chi connectivity index (χ1v) is 10.7. The van der Waals surface area contributed by atoms with E-state index in [0.717, 1.165) is 43.0 Å². The zero-order chi connectivity index (χ0) is 22.8. The van der Waals surface area contributed by atoms with Crippen LogP contribution in [0, 0.1) is 6.92 Å². The zero-order valence-corrected chi connectivity index (χ0v) is 18.3. The van der Waals surface area contributed by atoms with Gasteiger partial charge in [-0.15, -0.1) is 0 Å². The van der Waals surface area contributed by atoms with Gasteiger partial charge in [-0.25, -0.2) is 4.79 Å². The Morgan fingerprint density at radius 3 is 2.69 bits per heavy atom. The van der Waals surface area contributed by atoms with Gasteiger partial charge in [0.25, 0.3) is 5.91 Å². The molecule has 168 valence electrons. The first-order chi connectivity index (χ1) is 15.3. The van der Waals surface area contributed by atoms with Crippen molar-refractivity contribution in [1.29, 1.82) is 0 Å². The first-order valence-electron chi connectivity index (χ1n) is 10.7. The second kappa shape index (κ2) is 8.88. The van der Waals surface area contributed by atoms with Gasteiger partial charge in [0.2, 0.25) is 5.91 Å². The fraction of sp³-hybridized carbons (Fsp3) is 0.348. The molecular weight excluding hydrogens is 408 g/mol. The van der Waals surface area contributed by atoms with Crippen LogP contribution < -0.4 is 16.4 Å². The minimum atomic E-state index is -0.663. The van der Waals surface area contributed by atoms with Crippen molar-refractivity contribution in [3.63, 3.8) is 0 Å². The second-order valence-electron chi connectivity index (χ2n) is 8.30. The van der Waals surface area contributed by atoms with Gasteiger partial charge in [0.15, 0.2) is 0 Å². The molecule has 5 N–H and O–H groups in total. The zero-order valence-electron chi connectivity index (χ0n) is 18.3. The number of rotatable bonds is 5. The molecule has 2 aromatic rings. The highest BCUT2D eigenvalue weighted by Gasteiger charge is 2.25. The summed E-state index contributed by atoms with van der Waals surface area (Å²) in [6.07, 6.45) is 4.81. The molecule has 0 unspecified atom stereocenters. The Morgan fingerprint density at radius 1 is 1.22 bits per heavy atom. The van der Waals surface area contributed by atoms with Crippen LogP contribution in [-0.4, -0.2) is 65.9 Å². The maximum Gasteiger partial charge on any atom is 0.316 e. The number of amides is 4. The van der Waals surface area contributed by atoms with Crippen LogP contribution in [-0.2, 0) is 16.0 Å². The monoisotopic (exact) mass is 436 g/mol. The maximum atomic E-state index is 12.6. The summed E-state index contributed by atoms with van der Waals surface area (Å²) in [5.74, 6) is -0.0331. The highest BCUT2D eigenvalue weighted by atomic mass is 16.2. The lowest BCUT2D eigenvalue weighted by Crippen LogP contribution is -2.47. The predicted molar refractivity (Wildman–Crippen MR) is 124 cm³/mol. The van der Waals surface area contributed by atoms with Crippen molar-refractivity contribution >= 4 is 40.9 Å². The Balaban J connectivity index is 1.48.